The number of hydrogen-bond acceptors (Lipinski definition) is 2. The lowest BCUT2D eigenvalue weighted by atomic mass is 10.1. The van der Waals surface area contributed by atoms with E-state index in [9.17, 15) is 9.18 Å². The summed E-state index contributed by atoms with van der Waals surface area (Å²) in [6, 6.07) is 6.40. The lowest BCUT2D eigenvalue weighted by Gasteiger charge is -2.03. The van der Waals surface area contributed by atoms with Crippen LogP contribution in [0.2, 0.25) is 0 Å². The first kappa shape index (κ1) is 11.6. The van der Waals surface area contributed by atoms with Gasteiger partial charge in [-0.1, -0.05) is 12.1 Å². The minimum absolute atomic E-state index is 0.141. The summed E-state index contributed by atoms with van der Waals surface area (Å²) in [5.74, 6) is -0.341. The molecule has 0 saturated heterocycles. The highest BCUT2D eigenvalue weighted by molar-refractivity contribution is 5.63. The van der Waals surface area contributed by atoms with Crippen molar-refractivity contribution in [2.24, 2.45) is 7.05 Å². The largest absolute Gasteiger partial charge is 0.315 e. The molecule has 0 spiro atoms. The van der Waals surface area contributed by atoms with Crippen molar-refractivity contribution in [1.29, 1.82) is 0 Å². The molecule has 2 aromatic rings. The van der Waals surface area contributed by atoms with Crippen molar-refractivity contribution in [3.63, 3.8) is 0 Å². The summed E-state index contributed by atoms with van der Waals surface area (Å²) >= 11 is 0. The summed E-state index contributed by atoms with van der Waals surface area (Å²) in [6.07, 6.45) is 0. The number of aromatic nitrogens is 2. The topological polar surface area (TPSA) is 49.8 Å². The van der Waals surface area contributed by atoms with Crippen molar-refractivity contribution >= 4 is 0 Å². The number of nitrogens with zero attached hydrogens (tertiary/aromatic N) is 1. The Bertz CT molecular complexity index is 586. The molecule has 0 aliphatic rings. The normalized spacial score (nSPS) is 10.8. The molecule has 0 bridgehead atoms. The molecule has 1 heterocycles. The van der Waals surface area contributed by atoms with Crippen LogP contribution in [-0.4, -0.2) is 16.8 Å². The maximum absolute atomic E-state index is 13.7. The molecule has 0 fully saturated rings. The highest BCUT2D eigenvalue weighted by Crippen LogP contribution is 2.22. The standard InChI is InChI=1S/C12H14FN3O/c1-14-7-9-11(15-16(2)12(9)17)8-5-3-4-6-10(8)13/h3-6,14-15H,7H2,1-2H3. The van der Waals surface area contributed by atoms with Crippen LogP contribution in [0.25, 0.3) is 11.3 Å². The summed E-state index contributed by atoms with van der Waals surface area (Å²) in [6.45, 7) is 0.403. The van der Waals surface area contributed by atoms with Gasteiger partial charge in [0.15, 0.2) is 0 Å². The van der Waals surface area contributed by atoms with Crippen LogP contribution in [-0.2, 0) is 13.6 Å². The van der Waals surface area contributed by atoms with E-state index in [1.165, 1.54) is 10.7 Å². The van der Waals surface area contributed by atoms with Gasteiger partial charge < -0.3 is 5.32 Å². The number of nitrogens with one attached hydrogen (secondary N) is 2. The first-order valence-electron chi connectivity index (χ1n) is 5.32. The number of benzene rings is 1. The van der Waals surface area contributed by atoms with Crippen LogP contribution in [0.15, 0.2) is 29.1 Å². The zero-order chi connectivity index (χ0) is 12.4. The van der Waals surface area contributed by atoms with Gasteiger partial charge in [-0.05, 0) is 19.2 Å². The van der Waals surface area contributed by atoms with Crippen LogP contribution >= 0.6 is 0 Å². The van der Waals surface area contributed by atoms with Gasteiger partial charge in [0.2, 0.25) is 0 Å². The molecule has 5 heteroatoms. The fourth-order valence-corrected chi connectivity index (χ4v) is 1.82. The molecule has 2 rings (SSSR count). The van der Waals surface area contributed by atoms with Crippen LogP contribution in [0.5, 0.6) is 0 Å². The summed E-state index contributed by atoms with van der Waals surface area (Å²) in [4.78, 5) is 11.8. The Hall–Kier alpha value is -1.88. The number of rotatable bonds is 3. The van der Waals surface area contributed by atoms with Crippen LogP contribution < -0.4 is 10.9 Å². The maximum atomic E-state index is 13.7. The molecule has 4 nitrogen and oxygen atoms in total. The fourth-order valence-electron chi connectivity index (χ4n) is 1.82. The van der Waals surface area contributed by atoms with E-state index in [0.29, 0.717) is 23.4 Å². The Morgan fingerprint density at radius 1 is 1.41 bits per heavy atom. The molecular weight excluding hydrogens is 221 g/mol. The van der Waals surface area contributed by atoms with Gasteiger partial charge in [-0.3, -0.25) is 14.6 Å². The molecule has 17 heavy (non-hydrogen) atoms. The number of hydrogen-bond donors (Lipinski definition) is 2. The van der Waals surface area contributed by atoms with Gasteiger partial charge in [0, 0.05) is 19.2 Å². The van der Waals surface area contributed by atoms with Crippen LogP contribution in [0.4, 0.5) is 4.39 Å². The van der Waals surface area contributed by atoms with Crippen molar-refractivity contribution in [3.8, 4) is 11.3 Å². The summed E-state index contributed by atoms with van der Waals surface area (Å²) in [5, 5.41) is 5.79. The van der Waals surface area contributed by atoms with Crippen molar-refractivity contribution in [2.45, 2.75) is 6.54 Å². The summed E-state index contributed by atoms with van der Waals surface area (Å²) in [5.41, 5.74) is 1.35. The maximum Gasteiger partial charge on any atom is 0.271 e. The Morgan fingerprint density at radius 2 is 2.12 bits per heavy atom. The van der Waals surface area contributed by atoms with E-state index in [0.717, 1.165) is 0 Å². The van der Waals surface area contributed by atoms with Crippen molar-refractivity contribution in [1.82, 2.24) is 15.1 Å². The van der Waals surface area contributed by atoms with E-state index in [1.807, 2.05) is 0 Å². The molecule has 0 unspecified atom stereocenters. The highest BCUT2D eigenvalue weighted by Gasteiger charge is 2.15. The Balaban J connectivity index is 2.63. The first-order valence-corrected chi connectivity index (χ1v) is 5.32. The SMILES string of the molecule is CNCc1c(-c2ccccc2F)[nH]n(C)c1=O. The van der Waals surface area contributed by atoms with Crippen molar-refractivity contribution < 1.29 is 4.39 Å². The molecule has 0 radical (unpaired) electrons. The molecule has 90 valence electrons. The van der Waals surface area contributed by atoms with E-state index in [4.69, 9.17) is 0 Å². The average Bonchev–Trinajstić information content (AvgIpc) is 2.58. The second-order valence-electron chi connectivity index (χ2n) is 3.84. The zero-order valence-corrected chi connectivity index (χ0v) is 9.75. The summed E-state index contributed by atoms with van der Waals surface area (Å²) in [7, 11) is 3.36. The molecule has 1 aromatic carbocycles. The van der Waals surface area contributed by atoms with Gasteiger partial charge in [-0.2, -0.15) is 0 Å². The van der Waals surface area contributed by atoms with Gasteiger partial charge in [0.1, 0.15) is 5.82 Å². The van der Waals surface area contributed by atoms with Crippen LogP contribution in [0, 0.1) is 5.82 Å². The van der Waals surface area contributed by atoms with Crippen molar-refractivity contribution in [3.05, 3.63) is 46.0 Å². The van der Waals surface area contributed by atoms with Gasteiger partial charge in [0.25, 0.3) is 5.56 Å². The minimum atomic E-state index is -0.341. The van der Waals surface area contributed by atoms with Gasteiger partial charge >= 0.3 is 0 Å². The molecule has 0 aliphatic carbocycles. The zero-order valence-electron chi connectivity index (χ0n) is 9.75. The van der Waals surface area contributed by atoms with Crippen LogP contribution in [0.3, 0.4) is 0 Å². The Labute approximate surface area is 98.1 Å². The van der Waals surface area contributed by atoms with E-state index in [2.05, 4.69) is 10.4 Å². The number of H-pyrrole nitrogens is 1. The molecule has 0 amide bonds. The molecule has 0 saturated carbocycles. The van der Waals surface area contributed by atoms with Gasteiger partial charge in [-0.15, -0.1) is 0 Å². The number of aryl methyl sites for hydroxylation is 1. The number of halogens is 1. The molecule has 0 aliphatic heterocycles. The van der Waals surface area contributed by atoms with E-state index in [-0.39, 0.29) is 11.4 Å². The second-order valence-corrected chi connectivity index (χ2v) is 3.84. The molecule has 2 N–H and O–H groups in total. The van der Waals surface area contributed by atoms with E-state index >= 15 is 0 Å². The van der Waals surface area contributed by atoms with E-state index in [1.54, 1.807) is 32.3 Å². The van der Waals surface area contributed by atoms with Gasteiger partial charge in [-0.25, -0.2) is 4.39 Å². The Morgan fingerprint density at radius 3 is 2.76 bits per heavy atom. The molecule has 0 atom stereocenters. The lowest BCUT2D eigenvalue weighted by molar-refractivity contribution is 0.629. The predicted octanol–water partition coefficient (Wildman–Crippen LogP) is 1.24. The van der Waals surface area contributed by atoms with E-state index < -0.39 is 0 Å². The third-order valence-corrected chi connectivity index (χ3v) is 2.64. The lowest BCUT2D eigenvalue weighted by Crippen LogP contribution is -2.19. The first-order chi connectivity index (χ1) is 8.15. The fraction of sp³-hybridized carbons (Fsp3) is 0.250. The quantitative estimate of drug-likeness (QED) is 0.841. The van der Waals surface area contributed by atoms with Crippen molar-refractivity contribution in [2.75, 3.05) is 7.05 Å². The average molecular weight is 235 g/mol. The smallest absolute Gasteiger partial charge is 0.271 e. The third-order valence-electron chi connectivity index (χ3n) is 2.64. The highest BCUT2D eigenvalue weighted by atomic mass is 19.1. The predicted molar refractivity (Wildman–Crippen MR) is 64.2 cm³/mol. The Kier molecular flexibility index (Phi) is 3.10. The molecular formula is C12H14FN3O. The monoisotopic (exact) mass is 235 g/mol. The molecule has 1 aromatic heterocycles. The second kappa shape index (κ2) is 4.55. The third kappa shape index (κ3) is 2.01. The number of aromatic amines is 1. The minimum Gasteiger partial charge on any atom is -0.315 e. The van der Waals surface area contributed by atoms with Gasteiger partial charge in [0.05, 0.1) is 11.3 Å². The van der Waals surface area contributed by atoms with Crippen LogP contribution in [0.1, 0.15) is 5.56 Å². The summed E-state index contributed by atoms with van der Waals surface area (Å²) < 4.78 is 15.0.